The highest BCUT2D eigenvalue weighted by molar-refractivity contribution is 5.87. The molecule has 0 aromatic rings. The summed E-state index contributed by atoms with van der Waals surface area (Å²) in [6.07, 6.45) is 1.94. The molecule has 0 aromatic carbocycles. The lowest BCUT2D eigenvalue weighted by Gasteiger charge is -2.28. The molecular formula is C13H23N3O4. The Bertz CT molecular complexity index is 399. The number of carboxylic acids is 1. The van der Waals surface area contributed by atoms with Crippen LogP contribution < -0.4 is 16.0 Å². The molecule has 1 aliphatic rings. The molecule has 0 aliphatic heterocycles. The largest absolute Gasteiger partial charge is 0.481 e. The van der Waals surface area contributed by atoms with Crippen LogP contribution in [0.3, 0.4) is 0 Å². The third-order valence-corrected chi connectivity index (χ3v) is 3.84. The molecule has 7 heteroatoms. The van der Waals surface area contributed by atoms with Gasteiger partial charge in [0.1, 0.15) is 6.04 Å². The summed E-state index contributed by atoms with van der Waals surface area (Å²) in [6, 6.07) is -1.59. The number of nitrogens with one attached hydrogen (secondary N) is 3. The summed E-state index contributed by atoms with van der Waals surface area (Å²) < 4.78 is 0. The van der Waals surface area contributed by atoms with Crippen molar-refractivity contribution in [3.8, 4) is 0 Å². The van der Waals surface area contributed by atoms with Crippen molar-refractivity contribution in [3.63, 3.8) is 0 Å². The van der Waals surface area contributed by atoms with Crippen molar-refractivity contribution in [1.29, 1.82) is 0 Å². The van der Waals surface area contributed by atoms with Gasteiger partial charge >= 0.3 is 12.0 Å². The van der Waals surface area contributed by atoms with Crippen molar-refractivity contribution in [1.82, 2.24) is 16.0 Å². The zero-order valence-electron chi connectivity index (χ0n) is 12.2. The van der Waals surface area contributed by atoms with Gasteiger partial charge in [-0.05, 0) is 33.6 Å². The first-order valence-electron chi connectivity index (χ1n) is 6.89. The van der Waals surface area contributed by atoms with Crippen molar-refractivity contribution in [3.05, 3.63) is 0 Å². The van der Waals surface area contributed by atoms with Gasteiger partial charge in [0.05, 0.1) is 5.41 Å². The summed E-state index contributed by atoms with van der Waals surface area (Å²) in [5.41, 5.74) is -0.938. The molecule has 3 atom stereocenters. The highest BCUT2D eigenvalue weighted by Crippen LogP contribution is 2.38. The Labute approximate surface area is 118 Å². The Morgan fingerprint density at radius 3 is 2.60 bits per heavy atom. The van der Waals surface area contributed by atoms with Gasteiger partial charge in [-0.2, -0.15) is 0 Å². The number of urea groups is 1. The highest BCUT2D eigenvalue weighted by atomic mass is 16.4. The fourth-order valence-corrected chi connectivity index (χ4v) is 2.44. The number of carboxylic acid groups (broad SMARTS) is 1. The van der Waals surface area contributed by atoms with Crippen LogP contribution in [0.5, 0.6) is 0 Å². The molecule has 3 amide bonds. The van der Waals surface area contributed by atoms with Crippen molar-refractivity contribution in [2.24, 2.45) is 5.41 Å². The average molecular weight is 285 g/mol. The molecule has 4 N–H and O–H groups in total. The van der Waals surface area contributed by atoms with Gasteiger partial charge in [0.25, 0.3) is 0 Å². The summed E-state index contributed by atoms with van der Waals surface area (Å²) in [6.45, 7) is 5.50. The Kier molecular flexibility index (Phi) is 5.35. The average Bonchev–Trinajstić information content (AvgIpc) is 2.72. The van der Waals surface area contributed by atoms with Crippen LogP contribution in [0.2, 0.25) is 0 Å². The van der Waals surface area contributed by atoms with E-state index in [9.17, 15) is 19.5 Å². The minimum absolute atomic E-state index is 0.268. The third-order valence-electron chi connectivity index (χ3n) is 3.84. The highest BCUT2D eigenvalue weighted by Gasteiger charge is 2.46. The standard InChI is InChI=1S/C13H23N3O4/c1-4-14-10(17)8(2)15-12(20)16-9-6-5-7-13(9,3)11(18)19/h8-9H,4-7H2,1-3H3,(H,14,17)(H,18,19)(H2,15,16,20). The van der Waals surface area contributed by atoms with E-state index in [0.29, 0.717) is 19.4 Å². The van der Waals surface area contributed by atoms with E-state index in [1.807, 2.05) is 0 Å². The summed E-state index contributed by atoms with van der Waals surface area (Å²) in [7, 11) is 0. The van der Waals surface area contributed by atoms with Crippen LogP contribution in [-0.4, -0.2) is 41.6 Å². The zero-order chi connectivity index (χ0) is 15.3. The summed E-state index contributed by atoms with van der Waals surface area (Å²) in [5, 5.41) is 17.0. The minimum atomic E-state index is -0.938. The number of carbonyl (C=O) groups excluding carboxylic acids is 2. The molecule has 1 fully saturated rings. The topological polar surface area (TPSA) is 108 Å². The maximum Gasteiger partial charge on any atom is 0.315 e. The molecule has 0 saturated heterocycles. The fraction of sp³-hybridized carbons (Fsp3) is 0.769. The molecule has 114 valence electrons. The second-order valence-electron chi connectivity index (χ2n) is 5.40. The van der Waals surface area contributed by atoms with Gasteiger partial charge < -0.3 is 21.1 Å². The fourth-order valence-electron chi connectivity index (χ4n) is 2.44. The van der Waals surface area contributed by atoms with Gasteiger partial charge in [-0.15, -0.1) is 0 Å². The normalized spacial score (nSPS) is 26.6. The van der Waals surface area contributed by atoms with E-state index >= 15 is 0 Å². The number of rotatable bonds is 5. The molecule has 0 radical (unpaired) electrons. The van der Waals surface area contributed by atoms with Crippen molar-refractivity contribution in [2.75, 3.05) is 6.54 Å². The number of hydrogen-bond acceptors (Lipinski definition) is 3. The first kappa shape index (κ1) is 16.3. The number of amides is 3. The second-order valence-corrected chi connectivity index (χ2v) is 5.40. The first-order chi connectivity index (χ1) is 9.31. The SMILES string of the molecule is CCNC(=O)C(C)NC(=O)NC1CCCC1(C)C(=O)O. The van der Waals surface area contributed by atoms with Gasteiger partial charge in [-0.3, -0.25) is 9.59 Å². The van der Waals surface area contributed by atoms with Crippen LogP contribution in [0.15, 0.2) is 0 Å². The Morgan fingerprint density at radius 2 is 2.05 bits per heavy atom. The van der Waals surface area contributed by atoms with Crippen molar-refractivity contribution in [2.45, 2.75) is 52.1 Å². The van der Waals surface area contributed by atoms with Gasteiger partial charge in [-0.25, -0.2) is 4.79 Å². The van der Waals surface area contributed by atoms with Crippen LogP contribution >= 0.6 is 0 Å². The Morgan fingerprint density at radius 1 is 1.40 bits per heavy atom. The molecule has 0 spiro atoms. The van der Waals surface area contributed by atoms with E-state index in [1.165, 1.54) is 0 Å². The second kappa shape index (κ2) is 6.58. The lowest BCUT2D eigenvalue weighted by atomic mass is 9.85. The van der Waals surface area contributed by atoms with E-state index < -0.39 is 29.5 Å². The van der Waals surface area contributed by atoms with E-state index in [2.05, 4.69) is 16.0 Å². The lowest BCUT2D eigenvalue weighted by Crippen LogP contribution is -2.54. The van der Waals surface area contributed by atoms with E-state index in [4.69, 9.17) is 0 Å². The molecule has 0 aromatic heterocycles. The molecule has 0 bridgehead atoms. The lowest BCUT2D eigenvalue weighted by molar-refractivity contribution is -0.148. The molecule has 1 saturated carbocycles. The van der Waals surface area contributed by atoms with E-state index in [1.54, 1.807) is 20.8 Å². The first-order valence-corrected chi connectivity index (χ1v) is 6.89. The van der Waals surface area contributed by atoms with Crippen LogP contribution in [0, 0.1) is 5.41 Å². The summed E-state index contributed by atoms with van der Waals surface area (Å²) in [5.74, 6) is -1.17. The monoisotopic (exact) mass is 285 g/mol. The molecular weight excluding hydrogens is 262 g/mol. The molecule has 1 rings (SSSR count). The van der Waals surface area contributed by atoms with Gasteiger partial charge in [0.15, 0.2) is 0 Å². The number of hydrogen-bond donors (Lipinski definition) is 4. The van der Waals surface area contributed by atoms with E-state index in [0.717, 1.165) is 6.42 Å². The maximum atomic E-state index is 11.8. The van der Waals surface area contributed by atoms with Crippen LogP contribution in [0.25, 0.3) is 0 Å². The summed E-state index contributed by atoms with van der Waals surface area (Å²) >= 11 is 0. The maximum absolute atomic E-state index is 11.8. The number of carbonyl (C=O) groups is 3. The molecule has 1 aliphatic carbocycles. The number of aliphatic carboxylic acids is 1. The predicted octanol–water partition coefficient (Wildman–Crippen LogP) is 0.454. The van der Waals surface area contributed by atoms with Crippen LogP contribution in [0.1, 0.15) is 40.0 Å². The predicted molar refractivity (Wildman–Crippen MR) is 73.2 cm³/mol. The molecule has 20 heavy (non-hydrogen) atoms. The number of likely N-dealkylation sites (N-methyl/N-ethyl adjacent to an activating group) is 1. The third kappa shape index (κ3) is 3.61. The smallest absolute Gasteiger partial charge is 0.315 e. The summed E-state index contributed by atoms with van der Waals surface area (Å²) in [4.78, 5) is 34.6. The van der Waals surface area contributed by atoms with Gasteiger partial charge in [0, 0.05) is 12.6 Å². The Hall–Kier alpha value is -1.79. The van der Waals surface area contributed by atoms with Crippen molar-refractivity contribution < 1.29 is 19.5 Å². The minimum Gasteiger partial charge on any atom is -0.481 e. The quantitative estimate of drug-likeness (QED) is 0.588. The molecule has 7 nitrogen and oxygen atoms in total. The van der Waals surface area contributed by atoms with Crippen LogP contribution in [-0.2, 0) is 9.59 Å². The van der Waals surface area contributed by atoms with Crippen molar-refractivity contribution >= 4 is 17.9 Å². The molecule has 3 unspecified atom stereocenters. The van der Waals surface area contributed by atoms with Gasteiger partial charge in [-0.1, -0.05) is 6.42 Å². The van der Waals surface area contributed by atoms with Crippen LogP contribution in [0.4, 0.5) is 4.79 Å². The van der Waals surface area contributed by atoms with E-state index in [-0.39, 0.29) is 5.91 Å². The van der Waals surface area contributed by atoms with Gasteiger partial charge in [0.2, 0.25) is 5.91 Å². The Balaban J connectivity index is 2.54. The molecule has 0 heterocycles. The zero-order valence-corrected chi connectivity index (χ0v) is 12.2.